The highest BCUT2D eigenvalue weighted by Crippen LogP contribution is 2.30. The van der Waals surface area contributed by atoms with E-state index in [1.165, 1.54) is 5.56 Å². The molecule has 0 atom stereocenters. The molecule has 4 aromatic rings. The van der Waals surface area contributed by atoms with Gasteiger partial charge in [-0.05, 0) is 65.9 Å². The maximum Gasteiger partial charge on any atom is 0.254 e. The van der Waals surface area contributed by atoms with Crippen LogP contribution in [0.3, 0.4) is 0 Å². The SMILES string of the molecule is CC(=O)N1CCCN(Cc2ccccc2)CCN(C(=O)c2ccc(C)cc2)Cc2cc(-c3cccnc3)ccc21. The second-order valence-electron chi connectivity index (χ2n) is 10.5. The molecule has 0 aliphatic carbocycles. The van der Waals surface area contributed by atoms with E-state index in [1.807, 2.05) is 77.5 Å². The third-order valence-corrected chi connectivity index (χ3v) is 7.48. The Balaban J connectivity index is 1.53. The average molecular weight is 533 g/mol. The Labute approximate surface area is 236 Å². The Morgan fingerprint density at radius 1 is 0.825 bits per heavy atom. The average Bonchev–Trinajstić information content (AvgIpc) is 3.01. The lowest BCUT2D eigenvalue weighted by Gasteiger charge is -2.28. The molecule has 0 unspecified atom stereocenters. The molecule has 6 heteroatoms. The largest absolute Gasteiger partial charge is 0.333 e. The number of fused-ring (bicyclic) bond motifs is 1. The molecule has 0 spiro atoms. The van der Waals surface area contributed by atoms with Gasteiger partial charge in [0.15, 0.2) is 0 Å². The van der Waals surface area contributed by atoms with E-state index in [2.05, 4.69) is 40.2 Å². The van der Waals surface area contributed by atoms with Crippen LogP contribution in [0.1, 0.15) is 40.4 Å². The molecular formula is C34H36N4O2. The number of pyridine rings is 1. The van der Waals surface area contributed by atoms with Crippen molar-refractivity contribution in [2.45, 2.75) is 33.4 Å². The Hall–Kier alpha value is -4.29. The fraction of sp³-hybridized carbons (Fsp3) is 0.265. The van der Waals surface area contributed by atoms with Crippen molar-refractivity contribution in [2.75, 3.05) is 31.1 Å². The maximum absolute atomic E-state index is 13.9. The second kappa shape index (κ2) is 12.7. The van der Waals surface area contributed by atoms with Gasteiger partial charge in [0.25, 0.3) is 5.91 Å². The number of carbonyl (C=O) groups excluding carboxylic acids is 2. The van der Waals surface area contributed by atoms with Crippen LogP contribution in [0.2, 0.25) is 0 Å². The first-order valence-corrected chi connectivity index (χ1v) is 13.9. The predicted octanol–water partition coefficient (Wildman–Crippen LogP) is 5.96. The van der Waals surface area contributed by atoms with Crippen LogP contribution in [-0.2, 0) is 17.9 Å². The van der Waals surface area contributed by atoms with Crippen molar-refractivity contribution in [3.63, 3.8) is 0 Å². The van der Waals surface area contributed by atoms with Gasteiger partial charge in [-0.1, -0.05) is 60.2 Å². The van der Waals surface area contributed by atoms with Crippen molar-refractivity contribution in [3.8, 4) is 11.1 Å². The summed E-state index contributed by atoms with van der Waals surface area (Å²) in [4.78, 5) is 37.3. The number of hydrogen-bond donors (Lipinski definition) is 0. The highest BCUT2D eigenvalue weighted by Gasteiger charge is 2.24. The third kappa shape index (κ3) is 6.64. The molecule has 1 aliphatic rings. The maximum atomic E-state index is 13.9. The summed E-state index contributed by atoms with van der Waals surface area (Å²) in [6.45, 7) is 7.61. The molecule has 3 aromatic carbocycles. The Kier molecular flexibility index (Phi) is 8.67. The summed E-state index contributed by atoms with van der Waals surface area (Å²) in [6, 6.07) is 28.3. The fourth-order valence-corrected chi connectivity index (χ4v) is 5.30. The second-order valence-corrected chi connectivity index (χ2v) is 10.5. The topological polar surface area (TPSA) is 56.8 Å². The molecule has 0 saturated carbocycles. The Morgan fingerprint density at radius 3 is 2.35 bits per heavy atom. The lowest BCUT2D eigenvalue weighted by atomic mass is 10.0. The normalized spacial score (nSPS) is 14.8. The number of aryl methyl sites for hydroxylation is 1. The van der Waals surface area contributed by atoms with E-state index in [0.29, 0.717) is 25.2 Å². The Bertz CT molecular complexity index is 1440. The summed E-state index contributed by atoms with van der Waals surface area (Å²) in [7, 11) is 0. The fourth-order valence-electron chi connectivity index (χ4n) is 5.30. The standard InChI is InChI=1S/C34H36N4O2/c1-26-11-13-29(14-12-26)34(40)37-21-20-36(24-28-8-4-3-5-9-28)18-7-19-38(27(2)39)33-16-15-30(22-32(33)25-37)31-10-6-17-35-23-31/h3-6,8-17,22-23H,7,18-21,24-25H2,1-2H3. The van der Waals surface area contributed by atoms with Crippen molar-refractivity contribution < 1.29 is 9.59 Å². The van der Waals surface area contributed by atoms with Crippen LogP contribution < -0.4 is 4.90 Å². The zero-order valence-corrected chi connectivity index (χ0v) is 23.3. The van der Waals surface area contributed by atoms with Gasteiger partial charge in [0.05, 0.1) is 0 Å². The molecule has 0 saturated heterocycles. The van der Waals surface area contributed by atoms with E-state index >= 15 is 0 Å². The van der Waals surface area contributed by atoms with Crippen molar-refractivity contribution in [2.24, 2.45) is 0 Å². The summed E-state index contributed by atoms with van der Waals surface area (Å²) < 4.78 is 0. The zero-order valence-electron chi connectivity index (χ0n) is 23.3. The summed E-state index contributed by atoms with van der Waals surface area (Å²) in [5.74, 6) is -0.00772. The van der Waals surface area contributed by atoms with Crippen molar-refractivity contribution in [1.29, 1.82) is 0 Å². The number of benzene rings is 3. The monoisotopic (exact) mass is 532 g/mol. The number of rotatable bonds is 4. The van der Waals surface area contributed by atoms with Crippen LogP contribution >= 0.6 is 0 Å². The van der Waals surface area contributed by atoms with Gasteiger partial charge in [-0.2, -0.15) is 0 Å². The quantitative estimate of drug-likeness (QED) is 0.326. The molecule has 2 heterocycles. The van der Waals surface area contributed by atoms with Gasteiger partial charge in [0, 0.05) is 69.8 Å². The van der Waals surface area contributed by atoms with Crippen molar-refractivity contribution in [3.05, 3.63) is 120 Å². The lowest BCUT2D eigenvalue weighted by molar-refractivity contribution is -0.116. The minimum atomic E-state index is -0.00832. The molecule has 1 aliphatic heterocycles. The first-order chi connectivity index (χ1) is 19.5. The van der Waals surface area contributed by atoms with E-state index in [1.54, 1.807) is 13.1 Å². The van der Waals surface area contributed by atoms with Gasteiger partial charge in [-0.3, -0.25) is 19.5 Å². The van der Waals surface area contributed by atoms with Crippen LogP contribution in [0.15, 0.2) is 97.3 Å². The van der Waals surface area contributed by atoms with E-state index in [-0.39, 0.29) is 11.8 Å². The Morgan fingerprint density at radius 2 is 1.62 bits per heavy atom. The van der Waals surface area contributed by atoms with E-state index in [0.717, 1.165) is 54.0 Å². The van der Waals surface area contributed by atoms with Crippen LogP contribution in [0.4, 0.5) is 5.69 Å². The van der Waals surface area contributed by atoms with Gasteiger partial charge in [0.2, 0.25) is 5.91 Å². The summed E-state index contributed by atoms with van der Waals surface area (Å²) in [5, 5.41) is 0. The minimum absolute atomic E-state index is 0.000597. The van der Waals surface area contributed by atoms with Crippen LogP contribution in [0.25, 0.3) is 11.1 Å². The number of hydrogen-bond acceptors (Lipinski definition) is 4. The van der Waals surface area contributed by atoms with Crippen molar-refractivity contribution >= 4 is 17.5 Å². The molecule has 204 valence electrons. The number of anilines is 1. The molecular weight excluding hydrogens is 496 g/mol. The zero-order chi connectivity index (χ0) is 27.9. The summed E-state index contributed by atoms with van der Waals surface area (Å²) >= 11 is 0. The molecule has 0 bridgehead atoms. The van der Waals surface area contributed by atoms with Crippen molar-refractivity contribution in [1.82, 2.24) is 14.8 Å². The first-order valence-electron chi connectivity index (χ1n) is 13.9. The van der Waals surface area contributed by atoms with Gasteiger partial charge < -0.3 is 9.80 Å². The van der Waals surface area contributed by atoms with Crippen LogP contribution in [-0.4, -0.2) is 52.8 Å². The third-order valence-electron chi connectivity index (χ3n) is 7.48. The first kappa shape index (κ1) is 27.3. The van der Waals surface area contributed by atoms with E-state index < -0.39 is 0 Å². The number of carbonyl (C=O) groups is 2. The van der Waals surface area contributed by atoms with Crippen LogP contribution in [0.5, 0.6) is 0 Å². The summed E-state index contributed by atoms with van der Waals surface area (Å²) in [6.07, 6.45) is 4.43. The molecule has 1 aromatic heterocycles. The number of nitrogens with zero attached hydrogens (tertiary/aromatic N) is 4. The minimum Gasteiger partial charge on any atom is -0.333 e. The molecule has 5 rings (SSSR count). The number of amides is 2. The number of aromatic nitrogens is 1. The summed E-state index contributed by atoms with van der Waals surface area (Å²) in [5.41, 5.74) is 6.85. The van der Waals surface area contributed by atoms with Gasteiger partial charge >= 0.3 is 0 Å². The molecule has 6 nitrogen and oxygen atoms in total. The highest BCUT2D eigenvalue weighted by molar-refractivity contribution is 5.95. The van der Waals surface area contributed by atoms with Gasteiger partial charge in [-0.15, -0.1) is 0 Å². The smallest absolute Gasteiger partial charge is 0.254 e. The highest BCUT2D eigenvalue weighted by atomic mass is 16.2. The molecule has 40 heavy (non-hydrogen) atoms. The van der Waals surface area contributed by atoms with E-state index in [4.69, 9.17) is 0 Å². The molecule has 0 fully saturated rings. The van der Waals surface area contributed by atoms with Gasteiger partial charge in [0.1, 0.15) is 0 Å². The predicted molar refractivity (Wildman–Crippen MR) is 160 cm³/mol. The van der Waals surface area contributed by atoms with E-state index in [9.17, 15) is 9.59 Å². The lowest BCUT2D eigenvalue weighted by Crippen LogP contribution is -2.38. The molecule has 0 N–H and O–H groups in total. The molecule has 0 radical (unpaired) electrons. The van der Waals surface area contributed by atoms with Gasteiger partial charge in [-0.25, -0.2) is 0 Å². The molecule has 2 amide bonds. The van der Waals surface area contributed by atoms with Crippen LogP contribution in [0, 0.1) is 6.92 Å².